The van der Waals surface area contributed by atoms with Crippen molar-refractivity contribution in [1.82, 2.24) is 9.97 Å². The third-order valence-electron chi connectivity index (χ3n) is 1.74. The molecule has 5 heteroatoms. The second kappa shape index (κ2) is 3.79. The summed E-state index contributed by atoms with van der Waals surface area (Å²) in [5.74, 6) is 1.32. The Labute approximate surface area is 89.7 Å². The minimum atomic E-state index is 0.600. The summed E-state index contributed by atoms with van der Waals surface area (Å²) in [7, 11) is 1.85. The van der Waals surface area contributed by atoms with Gasteiger partial charge in [0.15, 0.2) is 0 Å². The third-order valence-corrected chi connectivity index (χ3v) is 2.15. The van der Waals surface area contributed by atoms with Crippen LogP contribution in [0.1, 0.15) is 0 Å². The minimum absolute atomic E-state index is 0.600. The Morgan fingerprint density at radius 3 is 2.64 bits per heavy atom. The topological polar surface area (TPSA) is 42.2 Å². The number of hydrogen-bond acceptors (Lipinski definition) is 4. The van der Waals surface area contributed by atoms with Crippen LogP contribution in [0.25, 0.3) is 0 Å². The van der Waals surface area contributed by atoms with Crippen molar-refractivity contribution in [2.75, 3.05) is 11.9 Å². The van der Waals surface area contributed by atoms with Crippen molar-refractivity contribution in [3.63, 3.8) is 0 Å². The molecule has 0 amide bonds. The highest BCUT2D eigenvalue weighted by atomic mass is 79.9. The Bertz CT molecular complexity index is 399. The molecule has 2 heterocycles. The second-order valence-corrected chi connectivity index (χ2v) is 3.63. The molecule has 4 nitrogen and oxygen atoms in total. The van der Waals surface area contributed by atoms with Gasteiger partial charge in [-0.05, 0) is 22.0 Å². The zero-order chi connectivity index (χ0) is 9.97. The van der Waals surface area contributed by atoms with Gasteiger partial charge in [0.25, 0.3) is 0 Å². The van der Waals surface area contributed by atoms with E-state index in [-0.39, 0.29) is 0 Å². The Morgan fingerprint density at radius 1 is 1.36 bits per heavy atom. The van der Waals surface area contributed by atoms with Gasteiger partial charge in [0.2, 0.25) is 11.8 Å². The standard InChI is InChI=1S/C9H8BrN3O/c1-13(8-3-2-4-14-8)9-11-5-7(10)6-12-9/h2-6H,1H3. The first-order valence-corrected chi connectivity index (χ1v) is 4.81. The van der Waals surface area contributed by atoms with Gasteiger partial charge in [-0.15, -0.1) is 0 Å². The van der Waals surface area contributed by atoms with Crippen molar-refractivity contribution >= 4 is 27.8 Å². The van der Waals surface area contributed by atoms with Crippen LogP contribution in [0.2, 0.25) is 0 Å². The molecular weight excluding hydrogens is 246 g/mol. The van der Waals surface area contributed by atoms with E-state index in [2.05, 4.69) is 25.9 Å². The van der Waals surface area contributed by atoms with Gasteiger partial charge < -0.3 is 4.42 Å². The van der Waals surface area contributed by atoms with E-state index in [9.17, 15) is 0 Å². The molecule has 0 radical (unpaired) electrons. The Kier molecular flexibility index (Phi) is 2.49. The first-order valence-electron chi connectivity index (χ1n) is 4.02. The number of nitrogens with zero attached hydrogens (tertiary/aromatic N) is 3. The summed E-state index contributed by atoms with van der Waals surface area (Å²) in [5, 5.41) is 0. The fraction of sp³-hybridized carbons (Fsp3) is 0.111. The fourth-order valence-corrected chi connectivity index (χ4v) is 1.24. The molecule has 0 aliphatic heterocycles. The van der Waals surface area contributed by atoms with Gasteiger partial charge in [0, 0.05) is 25.5 Å². The van der Waals surface area contributed by atoms with Crippen molar-refractivity contribution in [2.45, 2.75) is 0 Å². The quantitative estimate of drug-likeness (QED) is 0.826. The Morgan fingerprint density at radius 2 is 2.07 bits per heavy atom. The van der Waals surface area contributed by atoms with Crippen molar-refractivity contribution in [3.8, 4) is 0 Å². The summed E-state index contributed by atoms with van der Waals surface area (Å²) in [4.78, 5) is 10.1. The SMILES string of the molecule is CN(c1ncc(Br)cn1)c1ccco1. The number of aromatic nitrogens is 2. The summed E-state index contributed by atoms with van der Waals surface area (Å²) in [5.41, 5.74) is 0. The highest BCUT2D eigenvalue weighted by Gasteiger charge is 2.08. The molecule has 0 N–H and O–H groups in total. The molecule has 0 saturated heterocycles. The van der Waals surface area contributed by atoms with Gasteiger partial charge in [-0.3, -0.25) is 4.90 Å². The number of hydrogen-bond donors (Lipinski definition) is 0. The number of furan rings is 1. The highest BCUT2D eigenvalue weighted by Crippen LogP contribution is 2.20. The van der Waals surface area contributed by atoms with Gasteiger partial charge in [-0.1, -0.05) is 0 Å². The van der Waals surface area contributed by atoms with E-state index in [0.29, 0.717) is 11.8 Å². The van der Waals surface area contributed by atoms with E-state index in [1.165, 1.54) is 0 Å². The second-order valence-electron chi connectivity index (χ2n) is 2.71. The first kappa shape index (κ1) is 9.21. The molecule has 0 aliphatic rings. The lowest BCUT2D eigenvalue weighted by Gasteiger charge is -2.12. The molecule has 0 aliphatic carbocycles. The molecule has 0 atom stereocenters. The average Bonchev–Trinajstić information content (AvgIpc) is 2.71. The van der Waals surface area contributed by atoms with Crippen molar-refractivity contribution in [3.05, 3.63) is 35.3 Å². The maximum atomic E-state index is 5.21. The number of halogens is 1. The molecule has 72 valence electrons. The summed E-state index contributed by atoms with van der Waals surface area (Å²) in [6, 6.07) is 3.68. The van der Waals surface area contributed by atoms with Gasteiger partial charge in [0.05, 0.1) is 10.7 Å². The maximum absolute atomic E-state index is 5.21. The highest BCUT2D eigenvalue weighted by molar-refractivity contribution is 9.10. The lowest BCUT2D eigenvalue weighted by Crippen LogP contribution is -2.11. The van der Waals surface area contributed by atoms with Crippen molar-refractivity contribution in [2.24, 2.45) is 0 Å². The number of rotatable bonds is 2. The van der Waals surface area contributed by atoms with Crippen LogP contribution in [0.3, 0.4) is 0 Å². The van der Waals surface area contributed by atoms with Crippen molar-refractivity contribution in [1.29, 1.82) is 0 Å². The van der Waals surface area contributed by atoms with Crippen LogP contribution in [-0.4, -0.2) is 17.0 Å². The fourth-order valence-electron chi connectivity index (χ4n) is 1.04. The van der Waals surface area contributed by atoms with Crippen LogP contribution in [0.4, 0.5) is 11.8 Å². The van der Waals surface area contributed by atoms with E-state index < -0.39 is 0 Å². The van der Waals surface area contributed by atoms with Crippen molar-refractivity contribution < 1.29 is 4.42 Å². The molecule has 0 fully saturated rings. The Hall–Kier alpha value is -1.36. The molecule has 2 aromatic heterocycles. The van der Waals surface area contributed by atoms with Gasteiger partial charge in [0.1, 0.15) is 0 Å². The zero-order valence-corrected chi connectivity index (χ0v) is 9.10. The van der Waals surface area contributed by atoms with Gasteiger partial charge >= 0.3 is 0 Å². The minimum Gasteiger partial charge on any atom is -0.448 e. The van der Waals surface area contributed by atoms with Crippen LogP contribution in [0.15, 0.2) is 39.7 Å². The summed E-state index contributed by atoms with van der Waals surface area (Å²) < 4.78 is 6.07. The van der Waals surface area contributed by atoms with E-state index in [4.69, 9.17) is 4.42 Å². The third kappa shape index (κ3) is 1.77. The van der Waals surface area contributed by atoms with Crippen LogP contribution in [-0.2, 0) is 0 Å². The summed E-state index contributed by atoms with van der Waals surface area (Å²) in [6.07, 6.45) is 5.01. The molecular formula is C9H8BrN3O. The Balaban J connectivity index is 2.28. The molecule has 0 aromatic carbocycles. The van der Waals surface area contributed by atoms with Gasteiger partial charge in [-0.25, -0.2) is 9.97 Å². The molecule has 0 spiro atoms. The molecule has 2 aromatic rings. The van der Waals surface area contributed by atoms with E-state index in [0.717, 1.165) is 4.47 Å². The normalized spacial score (nSPS) is 10.1. The molecule has 2 rings (SSSR count). The molecule has 0 saturated carbocycles. The molecule has 14 heavy (non-hydrogen) atoms. The van der Waals surface area contributed by atoms with Gasteiger partial charge in [-0.2, -0.15) is 0 Å². The first-order chi connectivity index (χ1) is 6.77. The monoisotopic (exact) mass is 253 g/mol. The average molecular weight is 254 g/mol. The molecule has 0 unspecified atom stereocenters. The van der Waals surface area contributed by atoms with Crippen LogP contribution in [0.5, 0.6) is 0 Å². The van der Waals surface area contributed by atoms with Crippen LogP contribution < -0.4 is 4.90 Å². The lowest BCUT2D eigenvalue weighted by atomic mass is 10.5. The van der Waals surface area contributed by atoms with E-state index in [1.54, 1.807) is 23.6 Å². The van der Waals surface area contributed by atoms with Crippen LogP contribution >= 0.6 is 15.9 Å². The largest absolute Gasteiger partial charge is 0.448 e. The lowest BCUT2D eigenvalue weighted by molar-refractivity contribution is 0.567. The summed E-state index contributed by atoms with van der Waals surface area (Å²) >= 11 is 3.28. The summed E-state index contributed by atoms with van der Waals surface area (Å²) in [6.45, 7) is 0. The zero-order valence-electron chi connectivity index (χ0n) is 7.51. The van der Waals surface area contributed by atoms with Crippen LogP contribution in [0, 0.1) is 0 Å². The maximum Gasteiger partial charge on any atom is 0.231 e. The predicted octanol–water partition coefficient (Wildman–Crippen LogP) is 2.60. The van der Waals surface area contributed by atoms with E-state index >= 15 is 0 Å². The molecule has 0 bridgehead atoms. The number of anilines is 2. The predicted molar refractivity (Wildman–Crippen MR) is 56.5 cm³/mol. The smallest absolute Gasteiger partial charge is 0.231 e. The van der Waals surface area contributed by atoms with E-state index in [1.807, 2.05) is 19.2 Å².